The lowest BCUT2D eigenvalue weighted by Crippen LogP contribution is -2.53. The van der Waals surface area contributed by atoms with Crippen LogP contribution in [0.4, 0.5) is 14.6 Å². The van der Waals surface area contributed by atoms with Crippen molar-refractivity contribution in [1.82, 2.24) is 19.9 Å². The van der Waals surface area contributed by atoms with Crippen LogP contribution in [0.2, 0.25) is 0 Å². The third-order valence-corrected chi connectivity index (χ3v) is 11.9. The van der Waals surface area contributed by atoms with Crippen molar-refractivity contribution >= 4 is 27.5 Å². The van der Waals surface area contributed by atoms with Gasteiger partial charge >= 0.3 is 6.01 Å². The highest BCUT2D eigenvalue weighted by molar-refractivity contribution is 6.01. The molecule has 0 amide bonds. The van der Waals surface area contributed by atoms with E-state index < -0.39 is 17.2 Å². The molecule has 2 aromatic carbocycles. The number of halogens is 2. The molecule has 4 fully saturated rings. The summed E-state index contributed by atoms with van der Waals surface area (Å²) < 4.78 is 50.1. The van der Waals surface area contributed by atoms with Gasteiger partial charge in [0, 0.05) is 49.5 Å². The van der Waals surface area contributed by atoms with Crippen LogP contribution in [0.3, 0.4) is 0 Å². The van der Waals surface area contributed by atoms with Crippen molar-refractivity contribution < 1.29 is 33.2 Å². The number of aromatic nitrogens is 3. The van der Waals surface area contributed by atoms with E-state index in [4.69, 9.17) is 24.2 Å². The van der Waals surface area contributed by atoms with E-state index in [1.54, 1.807) is 19.1 Å². The number of anilines is 1. The summed E-state index contributed by atoms with van der Waals surface area (Å²) in [6.07, 6.45) is 9.55. The van der Waals surface area contributed by atoms with Crippen molar-refractivity contribution in [3.63, 3.8) is 0 Å². The third-order valence-electron chi connectivity index (χ3n) is 11.9. The number of phenolic OH excluding ortho intramolecular Hbond substituents is 1. The van der Waals surface area contributed by atoms with Crippen LogP contribution in [-0.4, -0.2) is 101 Å². The predicted octanol–water partition coefficient (Wildman–Crippen LogP) is 6.42. The molecule has 2 N–H and O–H groups in total. The number of likely N-dealkylation sites (tertiary alicyclic amines) is 1. The van der Waals surface area contributed by atoms with Gasteiger partial charge in [0.25, 0.3) is 0 Å². The first kappa shape index (κ1) is 35.3. The Balaban J connectivity index is 1.20. The molecule has 1 aliphatic carbocycles. The van der Waals surface area contributed by atoms with E-state index in [9.17, 15) is 10.2 Å². The number of fused-ring (bicyclic) bond motifs is 3. The average Bonchev–Trinajstić information content (AvgIpc) is 3.49. The van der Waals surface area contributed by atoms with Crippen LogP contribution in [0.15, 0.2) is 30.5 Å². The molecule has 12 heteroatoms. The monoisotopic (exact) mass is 717 g/mol. The zero-order chi connectivity index (χ0) is 36.0. The van der Waals surface area contributed by atoms with E-state index in [1.165, 1.54) is 18.3 Å². The van der Waals surface area contributed by atoms with Crippen LogP contribution in [0, 0.1) is 23.0 Å². The smallest absolute Gasteiger partial charge is 0.319 e. The number of rotatable bonds is 8. The molecule has 1 saturated carbocycles. The van der Waals surface area contributed by atoms with Gasteiger partial charge < -0.3 is 29.3 Å². The lowest BCUT2D eigenvalue weighted by Gasteiger charge is -2.47. The zero-order valence-corrected chi connectivity index (χ0v) is 30.2. The first-order valence-corrected chi connectivity index (χ1v) is 18.9. The maximum Gasteiger partial charge on any atom is 0.319 e. The molecule has 4 aliphatic rings. The highest BCUT2D eigenvalue weighted by Crippen LogP contribution is 2.48. The molecule has 0 spiro atoms. The predicted molar refractivity (Wildman–Crippen MR) is 195 cm³/mol. The van der Waals surface area contributed by atoms with Gasteiger partial charge in [-0.3, -0.25) is 9.88 Å². The minimum Gasteiger partial charge on any atom is -0.508 e. The number of hydrogen-bond donors (Lipinski definition) is 2. The summed E-state index contributed by atoms with van der Waals surface area (Å²) in [7, 11) is 0. The molecule has 10 nitrogen and oxygen atoms in total. The van der Waals surface area contributed by atoms with Gasteiger partial charge in [-0.1, -0.05) is 19.4 Å². The van der Waals surface area contributed by atoms with Gasteiger partial charge in [0.15, 0.2) is 5.82 Å². The summed E-state index contributed by atoms with van der Waals surface area (Å²) in [6, 6.07) is 6.38. The number of aromatic hydroxyl groups is 1. The van der Waals surface area contributed by atoms with Gasteiger partial charge in [-0.2, -0.15) is 9.97 Å². The number of ether oxygens (including phenoxy) is 3. The standard InChI is InChI=1S/C40H49F2N5O5/c1-3-28-31(41)8-7-26-18-27(48)19-29(33(26)28)35-34(42)36-30(20-43-35)37(47-14-17-51-23-39(2,49)22-47)45-38(44-36)52-24-40-11-4-6-32(40)46(13-5-12-40)21-25-9-15-50-16-10-25/h7-8,18-20,25,32,48-49H,3-6,9-17,21-24H2,1-2H3/t32?,39-,40+/m0/s1. The lowest BCUT2D eigenvalue weighted by molar-refractivity contribution is -0.0203. The Morgan fingerprint density at radius 1 is 1.02 bits per heavy atom. The number of aliphatic hydroxyl groups is 1. The van der Waals surface area contributed by atoms with E-state index in [-0.39, 0.29) is 47.1 Å². The van der Waals surface area contributed by atoms with E-state index in [0.717, 1.165) is 71.2 Å². The summed E-state index contributed by atoms with van der Waals surface area (Å²) in [5.41, 5.74) is -0.582. The van der Waals surface area contributed by atoms with Gasteiger partial charge in [0.1, 0.15) is 34.2 Å². The lowest BCUT2D eigenvalue weighted by atomic mass is 9.75. The number of phenols is 1. The molecule has 3 atom stereocenters. The van der Waals surface area contributed by atoms with Gasteiger partial charge in [-0.25, -0.2) is 8.78 Å². The molecule has 0 bridgehead atoms. The highest BCUT2D eigenvalue weighted by Gasteiger charge is 2.49. The molecule has 8 rings (SSSR count). The van der Waals surface area contributed by atoms with Crippen molar-refractivity contribution in [2.75, 3.05) is 64.1 Å². The fourth-order valence-electron chi connectivity index (χ4n) is 9.43. The van der Waals surface area contributed by atoms with Crippen molar-refractivity contribution in [3.8, 4) is 23.0 Å². The van der Waals surface area contributed by atoms with Crippen molar-refractivity contribution in [2.24, 2.45) is 11.3 Å². The second-order valence-electron chi connectivity index (χ2n) is 15.7. The molecular weight excluding hydrogens is 668 g/mol. The summed E-state index contributed by atoms with van der Waals surface area (Å²) in [6.45, 7) is 8.92. The summed E-state index contributed by atoms with van der Waals surface area (Å²) in [4.78, 5) is 18.7. The van der Waals surface area contributed by atoms with Crippen LogP contribution in [0.25, 0.3) is 32.9 Å². The average molecular weight is 718 g/mol. The Morgan fingerprint density at radius 2 is 1.85 bits per heavy atom. The van der Waals surface area contributed by atoms with Crippen molar-refractivity contribution in [3.05, 3.63) is 47.7 Å². The zero-order valence-electron chi connectivity index (χ0n) is 30.2. The molecular formula is C40H49F2N5O5. The largest absolute Gasteiger partial charge is 0.508 e. The summed E-state index contributed by atoms with van der Waals surface area (Å²) >= 11 is 0. The Labute approximate surface area is 303 Å². The molecule has 278 valence electrons. The van der Waals surface area contributed by atoms with E-state index >= 15 is 8.78 Å². The molecule has 5 heterocycles. The fraction of sp³-hybridized carbons (Fsp3) is 0.575. The van der Waals surface area contributed by atoms with E-state index in [0.29, 0.717) is 65.7 Å². The molecule has 4 aromatic rings. The quantitative estimate of drug-likeness (QED) is 0.212. The Bertz CT molecular complexity index is 1960. The SMILES string of the molecule is CCc1c(F)ccc2cc(O)cc(-c3ncc4c(N5CCOC[C@@](C)(O)C5)nc(OC[C@]56CCCC5N(CC5CCOCC5)CCC6)nc4c3F)c12. The number of benzene rings is 2. The Morgan fingerprint density at radius 3 is 2.67 bits per heavy atom. The Hall–Kier alpha value is -3.71. The van der Waals surface area contributed by atoms with E-state index in [1.807, 2.05) is 11.8 Å². The second-order valence-corrected chi connectivity index (χ2v) is 15.7. The van der Waals surface area contributed by atoms with Crippen LogP contribution >= 0.6 is 0 Å². The van der Waals surface area contributed by atoms with Gasteiger partial charge in [-0.05, 0) is 98.9 Å². The van der Waals surface area contributed by atoms with Crippen LogP contribution in [0.5, 0.6) is 11.8 Å². The van der Waals surface area contributed by atoms with Crippen LogP contribution < -0.4 is 9.64 Å². The third kappa shape index (κ3) is 6.67. The first-order valence-electron chi connectivity index (χ1n) is 18.9. The molecule has 1 unspecified atom stereocenters. The minimum atomic E-state index is -1.17. The van der Waals surface area contributed by atoms with Gasteiger partial charge in [-0.15, -0.1) is 0 Å². The van der Waals surface area contributed by atoms with E-state index in [2.05, 4.69) is 9.88 Å². The van der Waals surface area contributed by atoms with Gasteiger partial charge in [0.05, 0.1) is 31.8 Å². The first-order chi connectivity index (χ1) is 25.1. The maximum absolute atomic E-state index is 17.1. The summed E-state index contributed by atoms with van der Waals surface area (Å²) in [5.74, 6) is -0.168. The normalized spacial score (nSPS) is 26.2. The summed E-state index contributed by atoms with van der Waals surface area (Å²) in [5, 5.41) is 23.2. The molecule has 52 heavy (non-hydrogen) atoms. The number of piperidine rings is 1. The number of hydrogen-bond acceptors (Lipinski definition) is 10. The molecule has 3 aliphatic heterocycles. The Kier molecular flexibility index (Phi) is 9.69. The van der Waals surface area contributed by atoms with Gasteiger partial charge in [0.2, 0.25) is 0 Å². The number of aryl methyl sites for hydroxylation is 1. The highest BCUT2D eigenvalue weighted by atomic mass is 19.1. The number of β-amino-alcohol motifs (C(OH)–C–C–N with tert-alkyl or cyclic N) is 1. The topological polar surface area (TPSA) is 113 Å². The van der Waals surface area contributed by atoms with Crippen LogP contribution in [0.1, 0.15) is 64.4 Å². The number of nitrogens with zero attached hydrogens (tertiary/aromatic N) is 5. The second kappa shape index (κ2) is 14.3. The molecule has 0 radical (unpaired) electrons. The molecule has 2 aromatic heterocycles. The maximum atomic E-state index is 17.1. The number of pyridine rings is 1. The fourth-order valence-corrected chi connectivity index (χ4v) is 9.43. The van der Waals surface area contributed by atoms with Crippen LogP contribution in [-0.2, 0) is 15.9 Å². The van der Waals surface area contributed by atoms with Crippen molar-refractivity contribution in [2.45, 2.75) is 76.9 Å². The molecule has 3 saturated heterocycles. The van der Waals surface area contributed by atoms with Crippen molar-refractivity contribution in [1.29, 1.82) is 0 Å². The minimum absolute atomic E-state index is 0.00557.